The number of rotatable bonds is 3. The van der Waals surface area contributed by atoms with Gasteiger partial charge in [-0.3, -0.25) is 4.79 Å². The molecule has 0 spiro atoms. The Morgan fingerprint density at radius 3 is 2.15 bits per heavy atom. The zero-order valence-electron chi connectivity index (χ0n) is 8.97. The van der Waals surface area contributed by atoms with Crippen LogP contribution in [0.4, 0.5) is 0 Å². The molecule has 0 aromatic carbocycles. The van der Waals surface area contributed by atoms with Gasteiger partial charge in [-0.2, -0.15) is 0 Å². The molecule has 0 heterocycles. The van der Waals surface area contributed by atoms with Gasteiger partial charge in [0.05, 0.1) is 0 Å². The lowest BCUT2D eigenvalue weighted by Gasteiger charge is -2.12. The minimum atomic E-state index is -0.223. The van der Waals surface area contributed by atoms with E-state index in [2.05, 4.69) is 23.8 Å². The minimum Gasteiger partial charge on any atom is -0.399 e. The highest BCUT2D eigenvalue weighted by molar-refractivity contribution is 6.41. The first kappa shape index (κ1) is 10.2. The average Bonchev–Trinajstić information content (AvgIpc) is 2.52. The second-order valence-electron chi connectivity index (χ2n) is 4.58. The van der Waals surface area contributed by atoms with Crippen molar-refractivity contribution in [1.29, 1.82) is 0 Å². The third-order valence-corrected chi connectivity index (χ3v) is 3.22. The van der Waals surface area contributed by atoms with E-state index in [1.807, 2.05) is 6.92 Å². The van der Waals surface area contributed by atoms with E-state index in [1.54, 1.807) is 6.92 Å². The van der Waals surface area contributed by atoms with E-state index in [9.17, 15) is 4.79 Å². The van der Waals surface area contributed by atoms with Gasteiger partial charge in [-0.25, -0.2) is 0 Å². The summed E-state index contributed by atoms with van der Waals surface area (Å²) in [5.41, 5.74) is 0.365. The van der Waals surface area contributed by atoms with Gasteiger partial charge in [-0.15, -0.1) is 0 Å². The lowest BCUT2D eigenvalue weighted by atomic mass is 9.91. The minimum absolute atomic E-state index is 0.111. The van der Waals surface area contributed by atoms with Crippen molar-refractivity contribution in [2.75, 3.05) is 7.11 Å². The van der Waals surface area contributed by atoms with Gasteiger partial charge in [0.2, 0.25) is 0 Å². The number of carbonyl (C=O) groups excluding carboxylic acids is 1. The molecule has 1 fully saturated rings. The van der Waals surface area contributed by atoms with E-state index in [4.69, 9.17) is 0 Å². The lowest BCUT2D eigenvalue weighted by molar-refractivity contribution is -0.118. The molecular weight excluding hydrogens is 166 g/mol. The Bertz CT molecular complexity index is 268. The normalized spacial score (nSPS) is 31.3. The summed E-state index contributed by atoms with van der Waals surface area (Å²) in [6.45, 7) is 7.89. The van der Waals surface area contributed by atoms with Gasteiger partial charge in [0.1, 0.15) is 12.8 Å². The van der Waals surface area contributed by atoms with Crippen molar-refractivity contribution < 1.29 is 9.63 Å². The molecule has 0 N–H and O–H groups in total. The molecule has 1 saturated carbocycles. The van der Waals surface area contributed by atoms with Crippen LogP contribution in [-0.2, 0) is 9.63 Å². The standard InChI is InChI=1S/C10H17NO2/c1-7(11-13-5)8(12)10(4)6-9(10,2)3/h6H2,1-5H3/b11-7-. The predicted molar refractivity (Wildman–Crippen MR) is 51.6 cm³/mol. The highest BCUT2D eigenvalue weighted by Gasteiger charge is 2.62. The molecule has 0 amide bonds. The summed E-state index contributed by atoms with van der Waals surface area (Å²) in [5, 5.41) is 3.66. The molecule has 3 nitrogen and oxygen atoms in total. The first-order valence-corrected chi connectivity index (χ1v) is 4.48. The van der Waals surface area contributed by atoms with Crippen LogP contribution in [0.1, 0.15) is 34.1 Å². The second-order valence-corrected chi connectivity index (χ2v) is 4.58. The molecule has 1 aliphatic carbocycles. The summed E-state index contributed by atoms with van der Waals surface area (Å²) in [6.07, 6.45) is 0.940. The van der Waals surface area contributed by atoms with Gasteiger partial charge in [0.15, 0.2) is 5.78 Å². The zero-order chi connectivity index (χ0) is 10.3. The maximum Gasteiger partial charge on any atom is 0.186 e. The van der Waals surface area contributed by atoms with Crippen LogP contribution in [0, 0.1) is 10.8 Å². The van der Waals surface area contributed by atoms with Crippen LogP contribution >= 0.6 is 0 Å². The van der Waals surface area contributed by atoms with E-state index in [-0.39, 0.29) is 16.6 Å². The Morgan fingerprint density at radius 1 is 1.38 bits per heavy atom. The van der Waals surface area contributed by atoms with E-state index >= 15 is 0 Å². The van der Waals surface area contributed by atoms with Crippen LogP contribution in [0.15, 0.2) is 5.16 Å². The van der Waals surface area contributed by atoms with Crippen LogP contribution in [0.25, 0.3) is 0 Å². The van der Waals surface area contributed by atoms with Crippen molar-refractivity contribution >= 4 is 11.5 Å². The molecule has 3 heteroatoms. The van der Waals surface area contributed by atoms with Crippen LogP contribution in [0.2, 0.25) is 0 Å². The Balaban J connectivity index is 2.77. The van der Waals surface area contributed by atoms with E-state index in [1.165, 1.54) is 7.11 Å². The van der Waals surface area contributed by atoms with Crippen LogP contribution in [-0.4, -0.2) is 18.6 Å². The Hall–Kier alpha value is -0.860. The third-order valence-electron chi connectivity index (χ3n) is 3.22. The Labute approximate surface area is 79.1 Å². The number of nitrogens with zero attached hydrogens (tertiary/aromatic N) is 1. The van der Waals surface area contributed by atoms with Crippen molar-refractivity contribution in [1.82, 2.24) is 0 Å². The van der Waals surface area contributed by atoms with Crippen LogP contribution < -0.4 is 0 Å². The number of hydrogen-bond donors (Lipinski definition) is 0. The summed E-state index contributed by atoms with van der Waals surface area (Å²) in [6, 6.07) is 0. The van der Waals surface area contributed by atoms with Crippen LogP contribution in [0.5, 0.6) is 0 Å². The fourth-order valence-corrected chi connectivity index (χ4v) is 1.80. The van der Waals surface area contributed by atoms with Gasteiger partial charge in [-0.1, -0.05) is 25.9 Å². The molecule has 13 heavy (non-hydrogen) atoms. The maximum atomic E-state index is 11.8. The molecule has 0 radical (unpaired) electrons. The molecular formula is C10H17NO2. The summed E-state index contributed by atoms with van der Waals surface area (Å²) in [4.78, 5) is 16.4. The highest BCUT2D eigenvalue weighted by atomic mass is 16.6. The number of oxime groups is 1. The third kappa shape index (κ3) is 1.47. The van der Waals surface area contributed by atoms with Gasteiger partial charge in [-0.05, 0) is 18.8 Å². The summed E-state index contributed by atoms with van der Waals surface area (Å²) >= 11 is 0. The molecule has 0 saturated heterocycles. The highest BCUT2D eigenvalue weighted by Crippen LogP contribution is 2.63. The average molecular weight is 183 g/mol. The fourth-order valence-electron chi connectivity index (χ4n) is 1.80. The second kappa shape index (κ2) is 2.82. The SMILES string of the molecule is CO/N=C(/C)C(=O)C1(C)CC1(C)C. The molecule has 1 unspecified atom stereocenters. The Kier molecular flexibility index (Phi) is 2.22. The number of carbonyl (C=O) groups is 1. The Morgan fingerprint density at radius 2 is 1.85 bits per heavy atom. The van der Waals surface area contributed by atoms with Crippen molar-refractivity contribution in [2.24, 2.45) is 16.0 Å². The first-order chi connectivity index (χ1) is 5.85. The molecule has 0 aliphatic heterocycles. The monoisotopic (exact) mass is 183 g/mol. The van der Waals surface area contributed by atoms with E-state index in [0.717, 1.165) is 6.42 Å². The molecule has 1 aliphatic rings. The lowest BCUT2D eigenvalue weighted by Crippen LogP contribution is -2.24. The van der Waals surface area contributed by atoms with Gasteiger partial charge in [0, 0.05) is 5.41 Å². The first-order valence-electron chi connectivity index (χ1n) is 4.48. The molecule has 0 aromatic heterocycles. The maximum absolute atomic E-state index is 11.8. The number of Topliss-reactive ketones (excluding diaryl/α,β-unsaturated/α-hetero) is 1. The molecule has 74 valence electrons. The van der Waals surface area contributed by atoms with Crippen LogP contribution in [0.3, 0.4) is 0 Å². The van der Waals surface area contributed by atoms with Gasteiger partial charge in [0.25, 0.3) is 0 Å². The number of hydrogen-bond acceptors (Lipinski definition) is 3. The van der Waals surface area contributed by atoms with E-state index < -0.39 is 0 Å². The zero-order valence-corrected chi connectivity index (χ0v) is 8.97. The summed E-state index contributed by atoms with van der Waals surface area (Å²) in [5.74, 6) is 0.111. The molecule has 1 atom stereocenters. The predicted octanol–water partition coefficient (Wildman–Crippen LogP) is 2.01. The molecule has 1 rings (SSSR count). The smallest absolute Gasteiger partial charge is 0.186 e. The van der Waals surface area contributed by atoms with E-state index in [0.29, 0.717) is 5.71 Å². The quantitative estimate of drug-likeness (QED) is 0.496. The van der Waals surface area contributed by atoms with Gasteiger partial charge >= 0.3 is 0 Å². The topological polar surface area (TPSA) is 38.7 Å². The van der Waals surface area contributed by atoms with Crippen molar-refractivity contribution in [3.05, 3.63) is 0 Å². The summed E-state index contributed by atoms with van der Waals surface area (Å²) < 4.78 is 0. The van der Waals surface area contributed by atoms with Crippen molar-refractivity contribution in [2.45, 2.75) is 34.1 Å². The largest absolute Gasteiger partial charge is 0.399 e. The van der Waals surface area contributed by atoms with Crippen molar-refractivity contribution in [3.63, 3.8) is 0 Å². The molecule has 0 aromatic rings. The molecule has 0 bridgehead atoms. The van der Waals surface area contributed by atoms with Crippen molar-refractivity contribution in [3.8, 4) is 0 Å². The number of ketones is 1. The summed E-state index contributed by atoms with van der Waals surface area (Å²) in [7, 11) is 1.46. The van der Waals surface area contributed by atoms with Gasteiger partial charge < -0.3 is 4.84 Å². The fraction of sp³-hybridized carbons (Fsp3) is 0.800.